The molecule has 1 N–H and O–H groups in total. The van der Waals surface area contributed by atoms with Gasteiger partial charge in [0.25, 0.3) is 0 Å². The molecular formula is C19H22FN4S+. The lowest BCUT2D eigenvalue weighted by Gasteiger charge is -2.13. The Morgan fingerprint density at radius 3 is 2.52 bits per heavy atom. The number of halogens is 1. The van der Waals surface area contributed by atoms with Crippen LogP contribution in [0, 0.1) is 24.4 Å². The van der Waals surface area contributed by atoms with E-state index < -0.39 is 0 Å². The van der Waals surface area contributed by atoms with Crippen LogP contribution in [-0.2, 0) is 13.2 Å². The molecule has 25 heavy (non-hydrogen) atoms. The van der Waals surface area contributed by atoms with Crippen LogP contribution in [0.3, 0.4) is 0 Å². The van der Waals surface area contributed by atoms with Crippen molar-refractivity contribution in [1.29, 1.82) is 0 Å². The van der Waals surface area contributed by atoms with Crippen molar-refractivity contribution in [3.8, 4) is 5.69 Å². The van der Waals surface area contributed by atoms with Crippen LogP contribution < -0.4 is 4.90 Å². The first-order valence-corrected chi connectivity index (χ1v) is 8.64. The summed E-state index contributed by atoms with van der Waals surface area (Å²) >= 11 is 5.64. The van der Waals surface area contributed by atoms with Crippen molar-refractivity contribution in [2.24, 2.45) is 0 Å². The molecular weight excluding hydrogens is 335 g/mol. The zero-order chi connectivity index (χ0) is 18.0. The highest BCUT2D eigenvalue weighted by molar-refractivity contribution is 7.71. The van der Waals surface area contributed by atoms with Crippen molar-refractivity contribution in [3.05, 3.63) is 76.1 Å². The number of quaternary nitrogens is 1. The van der Waals surface area contributed by atoms with E-state index in [0.717, 1.165) is 23.6 Å². The van der Waals surface area contributed by atoms with Crippen LogP contribution in [0.15, 0.2) is 48.5 Å². The average Bonchev–Trinajstić information content (AvgIpc) is 2.83. The minimum atomic E-state index is -0.212. The lowest BCUT2D eigenvalue weighted by atomic mass is 10.2. The number of hydrogen-bond acceptors (Lipinski definition) is 2. The van der Waals surface area contributed by atoms with Crippen molar-refractivity contribution in [2.75, 3.05) is 7.05 Å². The van der Waals surface area contributed by atoms with E-state index in [0.29, 0.717) is 11.4 Å². The van der Waals surface area contributed by atoms with Crippen LogP contribution in [0.1, 0.15) is 17.0 Å². The molecule has 0 amide bonds. The molecule has 1 heterocycles. The quantitative estimate of drug-likeness (QED) is 0.711. The Morgan fingerprint density at radius 2 is 1.84 bits per heavy atom. The Labute approximate surface area is 152 Å². The normalized spacial score (nSPS) is 12.3. The minimum Gasteiger partial charge on any atom is -0.315 e. The van der Waals surface area contributed by atoms with Gasteiger partial charge in [-0.2, -0.15) is 9.78 Å². The maximum atomic E-state index is 13.0. The van der Waals surface area contributed by atoms with Gasteiger partial charge in [-0.1, -0.05) is 24.3 Å². The van der Waals surface area contributed by atoms with Crippen molar-refractivity contribution >= 4 is 12.2 Å². The molecule has 0 saturated carbocycles. The summed E-state index contributed by atoms with van der Waals surface area (Å²) in [6.45, 7) is 5.45. The fraction of sp³-hybridized carbons (Fsp3) is 0.263. The molecule has 0 saturated heterocycles. The molecule has 0 bridgehead atoms. The second-order valence-corrected chi connectivity index (χ2v) is 6.79. The van der Waals surface area contributed by atoms with Gasteiger partial charge in [0.15, 0.2) is 6.67 Å². The van der Waals surface area contributed by atoms with Crippen molar-refractivity contribution in [2.45, 2.75) is 27.1 Å². The molecule has 6 heteroatoms. The Hall–Kier alpha value is -2.31. The van der Waals surface area contributed by atoms with Crippen LogP contribution in [0.4, 0.5) is 4.39 Å². The van der Waals surface area contributed by atoms with E-state index in [1.54, 1.807) is 0 Å². The summed E-state index contributed by atoms with van der Waals surface area (Å²) in [6, 6.07) is 14.8. The lowest BCUT2D eigenvalue weighted by Crippen LogP contribution is -3.07. The minimum absolute atomic E-state index is 0.212. The van der Waals surface area contributed by atoms with E-state index in [9.17, 15) is 4.39 Å². The summed E-state index contributed by atoms with van der Waals surface area (Å²) in [7, 11) is 2.08. The zero-order valence-electron chi connectivity index (χ0n) is 14.7. The number of aryl methyl sites for hydroxylation is 2. The summed E-state index contributed by atoms with van der Waals surface area (Å²) in [5.74, 6) is 0.654. The standard InChI is InChI=1S/C19H21FN4S/c1-14-5-4-6-18(11-14)24-15(2)21-23(19(24)25)13-22(3)12-16-7-9-17(20)10-8-16/h4-11H,12-13H2,1-3H3/p+1. The molecule has 0 aliphatic rings. The zero-order valence-corrected chi connectivity index (χ0v) is 15.5. The highest BCUT2D eigenvalue weighted by atomic mass is 32.1. The Kier molecular flexibility index (Phi) is 5.11. The lowest BCUT2D eigenvalue weighted by molar-refractivity contribution is -0.917. The van der Waals surface area contributed by atoms with Gasteiger partial charge in [0, 0.05) is 11.3 Å². The fourth-order valence-electron chi connectivity index (χ4n) is 2.95. The second-order valence-electron chi connectivity index (χ2n) is 6.42. The third kappa shape index (κ3) is 4.03. The molecule has 1 atom stereocenters. The van der Waals surface area contributed by atoms with E-state index in [-0.39, 0.29) is 5.82 Å². The predicted octanol–water partition coefficient (Wildman–Crippen LogP) is 2.83. The van der Waals surface area contributed by atoms with Gasteiger partial charge in [-0.3, -0.25) is 4.57 Å². The third-order valence-electron chi connectivity index (χ3n) is 4.10. The summed E-state index contributed by atoms with van der Waals surface area (Å²) in [5.41, 5.74) is 3.30. The van der Waals surface area contributed by atoms with Gasteiger partial charge in [0.05, 0.1) is 7.05 Å². The Balaban J connectivity index is 1.80. The van der Waals surface area contributed by atoms with E-state index in [4.69, 9.17) is 12.2 Å². The van der Waals surface area contributed by atoms with Crippen molar-refractivity contribution < 1.29 is 9.29 Å². The summed E-state index contributed by atoms with van der Waals surface area (Å²) in [4.78, 5) is 1.22. The number of hydrogen-bond donors (Lipinski definition) is 1. The molecule has 0 radical (unpaired) electrons. The molecule has 0 aliphatic heterocycles. The van der Waals surface area contributed by atoms with E-state index in [1.165, 1.54) is 22.6 Å². The van der Waals surface area contributed by atoms with Crippen LogP contribution >= 0.6 is 12.2 Å². The van der Waals surface area contributed by atoms with Crippen molar-refractivity contribution in [3.63, 3.8) is 0 Å². The summed E-state index contributed by atoms with van der Waals surface area (Å²) in [6.07, 6.45) is 0. The molecule has 130 valence electrons. The Morgan fingerprint density at radius 1 is 1.12 bits per heavy atom. The molecule has 0 spiro atoms. The third-order valence-corrected chi connectivity index (χ3v) is 4.49. The molecule has 2 aromatic carbocycles. The largest absolute Gasteiger partial charge is 0.315 e. The fourth-order valence-corrected chi connectivity index (χ4v) is 3.29. The maximum absolute atomic E-state index is 13.0. The Bertz CT molecular complexity index is 927. The molecule has 0 aliphatic carbocycles. The van der Waals surface area contributed by atoms with Crippen LogP contribution in [0.2, 0.25) is 0 Å². The number of rotatable bonds is 5. The second kappa shape index (κ2) is 7.29. The van der Waals surface area contributed by atoms with Gasteiger partial charge < -0.3 is 4.90 Å². The molecule has 1 aromatic heterocycles. The van der Waals surface area contributed by atoms with Crippen LogP contribution in [0.25, 0.3) is 5.69 Å². The smallest absolute Gasteiger partial charge is 0.207 e. The highest BCUT2D eigenvalue weighted by Gasteiger charge is 2.12. The van der Waals surface area contributed by atoms with Crippen LogP contribution in [-0.4, -0.2) is 21.4 Å². The maximum Gasteiger partial charge on any atom is 0.207 e. The van der Waals surface area contributed by atoms with E-state index in [2.05, 4.69) is 31.2 Å². The van der Waals surface area contributed by atoms with Gasteiger partial charge in [0.1, 0.15) is 18.2 Å². The summed E-state index contributed by atoms with van der Waals surface area (Å²) < 4.78 is 17.6. The number of nitrogens with one attached hydrogen (secondary N) is 1. The first-order chi connectivity index (χ1) is 11.9. The van der Waals surface area contributed by atoms with E-state index >= 15 is 0 Å². The van der Waals surface area contributed by atoms with Gasteiger partial charge >= 0.3 is 0 Å². The molecule has 3 aromatic rings. The molecule has 1 unspecified atom stereocenters. The molecule has 0 fully saturated rings. The van der Waals surface area contributed by atoms with E-state index in [1.807, 2.05) is 40.4 Å². The number of aromatic nitrogens is 3. The number of nitrogens with zero attached hydrogens (tertiary/aromatic N) is 3. The van der Waals surface area contributed by atoms with Gasteiger partial charge in [-0.25, -0.2) is 4.39 Å². The van der Waals surface area contributed by atoms with Gasteiger partial charge in [-0.15, -0.1) is 0 Å². The predicted molar refractivity (Wildman–Crippen MR) is 98.9 cm³/mol. The average molecular weight is 357 g/mol. The van der Waals surface area contributed by atoms with Gasteiger partial charge in [0.2, 0.25) is 4.77 Å². The SMILES string of the molecule is Cc1cccc(-n2c(C)nn(C[NH+](C)Cc3ccc(F)cc3)c2=S)c1. The van der Waals surface area contributed by atoms with Gasteiger partial charge in [-0.05, 0) is 55.9 Å². The first-order valence-electron chi connectivity index (χ1n) is 8.23. The highest BCUT2D eigenvalue weighted by Crippen LogP contribution is 2.13. The van der Waals surface area contributed by atoms with Crippen LogP contribution in [0.5, 0.6) is 0 Å². The number of benzene rings is 2. The van der Waals surface area contributed by atoms with Crippen molar-refractivity contribution in [1.82, 2.24) is 14.3 Å². The first kappa shape index (κ1) is 17.5. The molecule has 3 rings (SSSR count). The molecule has 4 nitrogen and oxygen atoms in total. The monoisotopic (exact) mass is 357 g/mol. The topological polar surface area (TPSA) is 27.2 Å². The summed E-state index contributed by atoms with van der Waals surface area (Å²) in [5, 5.41) is 4.61.